The maximum Gasteiger partial charge on any atom is 0.258 e. The van der Waals surface area contributed by atoms with Gasteiger partial charge >= 0.3 is 0 Å². The molecule has 0 aliphatic rings. The lowest BCUT2D eigenvalue weighted by atomic mass is 10.1. The van der Waals surface area contributed by atoms with Gasteiger partial charge in [0.05, 0.1) is 5.69 Å². The van der Waals surface area contributed by atoms with Crippen molar-refractivity contribution in [3.05, 3.63) is 76.1 Å². The molecule has 27 heavy (non-hydrogen) atoms. The fourth-order valence-corrected chi connectivity index (χ4v) is 2.88. The molecule has 1 unspecified atom stereocenters. The molecular formula is C20H22FN5O. The van der Waals surface area contributed by atoms with Crippen molar-refractivity contribution in [2.45, 2.75) is 19.4 Å². The molecule has 0 saturated heterocycles. The second-order valence-corrected chi connectivity index (χ2v) is 6.48. The van der Waals surface area contributed by atoms with E-state index in [-0.39, 0.29) is 17.4 Å². The highest BCUT2D eigenvalue weighted by Crippen LogP contribution is 2.19. The van der Waals surface area contributed by atoms with E-state index in [2.05, 4.69) is 15.3 Å². The molecule has 0 bridgehead atoms. The highest BCUT2D eigenvalue weighted by Gasteiger charge is 2.14. The first kappa shape index (κ1) is 18.7. The first-order valence-electron chi connectivity index (χ1n) is 8.67. The van der Waals surface area contributed by atoms with Crippen molar-refractivity contribution in [1.29, 1.82) is 0 Å². The number of halogens is 1. The zero-order chi connectivity index (χ0) is 19.4. The van der Waals surface area contributed by atoms with E-state index in [9.17, 15) is 9.18 Å². The molecule has 1 aromatic carbocycles. The van der Waals surface area contributed by atoms with Gasteiger partial charge in [0.25, 0.3) is 5.56 Å². The van der Waals surface area contributed by atoms with Gasteiger partial charge in [0, 0.05) is 43.2 Å². The Kier molecular flexibility index (Phi) is 5.61. The van der Waals surface area contributed by atoms with E-state index in [1.165, 1.54) is 16.7 Å². The van der Waals surface area contributed by atoms with Crippen molar-refractivity contribution in [1.82, 2.24) is 14.5 Å². The lowest BCUT2D eigenvalue weighted by Gasteiger charge is -2.17. The van der Waals surface area contributed by atoms with Crippen LogP contribution in [0.4, 0.5) is 10.3 Å². The van der Waals surface area contributed by atoms with E-state index < -0.39 is 0 Å². The molecule has 3 N–H and O–H groups in total. The maximum atomic E-state index is 13.0. The SMILES string of the molecule is Cc1c(-c2ccncc2)nc(NCC(N)Cc2ccc(F)cc2)n(C)c1=O. The van der Waals surface area contributed by atoms with Gasteiger partial charge < -0.3 is 11.1 Å². The summed E-state index contributed by atoms with van der Waals surface area (Å²) in [7, 11) is 1.67. The van der Waals surface area contributed by atoms with E-state index in [0.717, 1.165) is 11.1 Å². The summed E-state index contributed by atoms with van der Waals surface area (Å²) in [5, 5.41) is 3.16. The third-order valence-electron chi connectivity index (χ3n) is 4.40. The number of nitrogens with two attached hydrogens (primary N) is 1. The Hall–Kier alpha value is -3.06. The Morgan fingerprint density at radius 2 is 1.85 bits per heavy atom. The van der Waals surface area contributed by atoms with E-state index in [1.807, 2.05) is 12.1 Å². The van der Waals surface area contributed by atoms with Crippen LogP contribution in [0.2, 0.25) is 0 Å². The Morgan fingerprint density at radius 1 is 1.19 bits per heavy atom. The van der Waals surface area contributed by atoms with Crippen LogP contribution in [0.3, 0.4) is 0 Å². The molecule has 0 amide bonds. The van der Waals surface area contributed by atoms with Crippen LogP contribution in [0.25, 0.3) is 11.3 Å². The monoisotopic (exact) mass is 367 g/mol. The van der Waals surface area contributed by atoms with Crippen LogP contribution in [0.15, 0.2) is 53.6 Å². The molecule has 140 valence electrons. The smallest absolute Gasteiger partial charge is 0.258 e. The normalized spacial score (nSPS) is 12.0. The second kappa shape index (κ2) is 8.09. The van der Waals surface area contributed by atoms with Crippen LogP contribution in [-0.2, 0) is 13.5 Å². The van der Waals surface area contributed by atoms with Gasteiger partial charge in [-0.15, -0.1) is 0 Å². The zero-order valence-electron chi connectivity index (χ0n) is 15.3. The Labute approximate surface area is 156 Å². The van der Waals surface area contributed by atoms with E-state index in [1.54, 1.807) is 38.5 Å². The van der Waals surface area contributed by atoms with Crippen LogP contribution in [0, 0.1) is 12.7 Å². The molecule has 2 aromatic heterocycles. The standard InChI is InChI=1S/C20H22FN5O/c1-13-18(15-7-9-23-10-8-15)25-20(26(2)19(13)27)24-12-17(22)11-14-3-5-16(21)6-4-14/h3-10,17H,11-12,22H2,1-2H3,(H,24,25). The van der Waals surface area contributed by atoms with Gasteiger partial charge in [-0.25, -0.2) is 9.37 Å². The first-order chi connectivity index (χ1) is 13.0. The van der Waals surface area contributed by atoms with Gasteiger partial charge in [-0.1, -0.05) is 12.1 Å². The van der Waals surface area contributed by atoms with Crippen molar-refractivity contribution in [3.8, 4) is 11.3 Å². The molecule has 6 nitrogen and oxygen atoms in total. The number of nitrogens with one attached hydrogen (secondary N) is 1. The summed E-state index contributed by atoms with van der Waals surface area (Å²) in [5.41, 5.74) is 9.04. The number of aromatic nitrogens is 3. The minimum Gasteiger partial charge on any atom is -0.354 e. The third kappa shape index (κ3) is 4.38. The van der Waals surface area contributed by atoms with E-state index in [0.29, 0.717) is 30.2 Å². The van der Waals surface area contributed by atoms with Crippen molar-refractivity contribution in [2.24, 2.45) is 12.8 Å². The molecule has 3 rings (SSSR count). The summed E-state index contributed by atoms with van der Waals surface area (Å²) in [6.07, 6.45) is 3.92. The Balaban J connectivity index is 1.77. The minimum absolute atomic E-state index is 0.119. The summed E-state index contributed by atoms with van der Waals surface area (Å²) in [4.78, 5) is 21.2. The van der Waals surface area contributed by atoms with Crippen molar-refractivity contribution in [3.63, 3.8) is 0 Å². The molecule has 7 heteroatoms. The topological polar surface area (TPSA) is 85.8 Å². The third-order valence-corrected chi connectivity index (χ3v) is 4.40. The molecule has 0 fully saturated rings. The van der Waals surface area contributed by atoms with Gasteiger partial charge in [0.1, 0.15) is 5.82 Å². The Morgan fingerprint density at radius 3 is 2.52 bits per heavy atom. The molecule has 0 radical (unpaired) electrons. The molecule has 0 aliphatic carbocycles. The van der Waals surface area contributed by atoms with Crippen LogP contribution in [-0.4, -0.2) is 27.1 Å². The maximum absolute atomic E-state index is 13.0. The highest BCUT2D eigenvalue weighted by molar-refractivity contribution is 5.63. The quantitative estimate of drug-likeness (QED) is 0.698. The molecule has 0 aliphatic heterocycles. The predicted octanol–water partition coefficient (Wildman–Crippen LogP) is 2.27. The number of anilines is 1. The largest absolute Gasteiger partial charge is 0.354 e. The van der Waals surface area contributed by atoms with Crippen LogP contribution in [0.5, 0.6) is 0 Å². The predicted molar refractivity (Wildman–Crippen MR) is 104 cm³/mol. The van der Waals surface area contributed by atoms with Crippen LogP contribution >= 0.6 is 0 Å². The van der Waals surface area contributed by atoms with Gasteiger partial charge in [0.15, 0.2) is 0 Å². The fourth-order valence-electron chi connectivity index (χ4n) is 2.88. The molecule has 0 spiro atoms. The molecule has 0 saturated carbocycles. The number of hydrogen-bond donors (Lipinski definition) is 2. The molecule has 2 heterocycles. The van der Waals surface area contributed by atoms with Gasteiger partial charge in [-0.3, -0.25) is 14.3 Å². The first-order valence-corrected chi connectivity index (χ1v) is 8.67. The van der Waals surface area contributed by atoms with Crippen molar-refractivity contribution in [2.75, 3.05) is 11.9 Å². The van der Waals surface area contributed by atoms with Crippen LogP contribution in [0.1, 0.15) is 11.1 Å². The minimum atomic E-state index is -0.270. The van der Waals surface area contributed by atoms with Gasteiger partial charge in [0.2, 0.25) is 5.95 Å². The average Bonchev–Trinajstić information content (AvgIpc) is 2.68. The van der Waals surface area contributed by atoms with Gasteiger partial charge in [-0.2, -0.15) is 0 Å². The van der Waals surface area contributed by atoms with E-state index >= 15 is 0 Å². The summed E-state index contributed by atoms with van der Waals surface area (Å²) in [6, 6.07) is 9.70. The lowest BCUT2D eigenvalue weighted by Crippen LogP contribution is -2.34. The average molecular weight is 367 g/mol. The highest BCUT2D eigenvalue weighted by atomic mass is 19.1. The summed E-state index contributed by atoms with van der Waals surface area (Å²) in [5.74, 6) is 0.180. The zero-order valence-corrected chi connectivity index (χ0v) is 15.3. The molecular weight excluding hydrogens is 345 g/mol. The van der Waals surface area contributed by atoms with Crippen molar-refractivity contribution >= 4 is 5.95 Å². The summed E-state index contributed by atoms with van der Waals surface area (Å²) < 4.78 is 14.5. The van der Waals surface area contributed by atoms with Gasteiger partial charge in [-0.05, 0) is 43.2 Å². The fraction of sp³-hybridized carbons (Fsp3) is 0.250. The summed E-state index contributed by atoms with van der Waals surface area (Å²) in [6.45, 7) is 2.19. The number of pyridine rings is 1. The summed E-state index contributed by atoms with van der Waals surface area (Å²) >= 11 is 0. The number of nitrogens with zero attached hydrogens (tertiary/aromatic N) is 3. The molecule has 1 atom stereocenters. The lowest BCUT2D eigenvalue weighted by molar-refractivity contribution is 0.625. The number of benzene rings is 1. The number of hydrogen-bond acceptors (Lipinski definition) is 5. The second-order valence-electron chi connectivity index (χ2n) is 6.48. The van der Waals surface area contributed by atoms with Crippen molar-refractivity contribution < 1.29 is 4.39 Å². The van der Waals surface area contributed by atoms with Crippen LogP contribution < -0.4 is 16.6 Å². The Bertz CT molecular complexity index is 970. The number of rotatable bonds is 6. The van der Waals surface area contributed by atoms with E-state index in [4.69, 9.17) is 5.73 Å². The molecule has 3 aromatic rings.